The molecular weight excluding hydrogens is 432 g/mol. The van der Waals surface area contributed by atoms with Gasteiger partial charge < -0.3 is 0 Å². The van der Waals surface area contributed by atoms with Crippen LogP contribution in [0.1, 0.15) is 30.1 Å². The molecule has 10 heteroatoms. The van der Waals surface area contributed by atoms with Crippen LogP contribution in [0.15, 0.2) is 46.6 Å². The number of thiophene rings is 1. The molecular formula is C19H21ClN4O3S2. The number of nitrogens with zero attached hydrogens (tertiary/aromatic N) is 4. The summed E-state index contributed by atoms with van der Waals surface area (Å²) in [5, 5.41) is 7.98. The van der Waals surface area contributed by atoms with Crippen molar-refractivity contribution in [2.45, 2.75) is 25.3 Å². The number of rotatable bonds is 5. The number of aromatic nitrogens is 3. The van der Waals surface area contributed by atoms with E-state index >= 15 is 0 Å². The lowest BCUT2D eigenvalue weighted by Gasteiger charge is -2.29. The molecule has 0 aliphatic carbocycles. The minimum Gasteiger partial charge on any atom is -0.246 e. The van der Waals surface area contributed by atoms with E-state index in [1.165, 1.54) is 26.6 Å². The van der Waals surface area contributed by atoms with Crippen molar-refractivity contribution in [3.05, 3.63) is 68.7 Å². The Bertz CT molecular complexity index is 1160. The van der Waals surface area contributed by atoms with Gasteiger partial charge in [0.25, 0.3) is 0 Å². The SMILES string of the molecule is CS(=O)(=O)N1CCC(c2nn(Cc3ccccc3Cl)c(=O)n2-c2cccs2)CC1. The molecule has 2 aromatic heterocycles. The van der Waals surface area contributed by atoms with Crippen LogP contribution in [0.2, 0.25) is 5.02 Å². The number of halogens is 1. The monoisotopic (exact) mass is 452 g/mol. The molecule has 7 nitrogen and oxygen atoms in total. The van der Waals surface area contributed by atoms with Gasteiger partial charge >= 0.3 is 5.69 Å². The average molecular weight is 453 g/mol. The molecule has 0 N–H and O–H groups in total. The van der Waals surface area contributed by atoms with Crippen LogP contribution >= 0.6 is 22.9 Å². The van der Waals surface area contributed by atoms with Crippen molar-refractivity contribution < 1.29 is 8.42 Å². The lowest BCUT2D eigenvalue weighted by Crippen LogP contribution is -2.37. The predicted octanol–water partition coefficient (Wildman–Crippen LogP) is 2.94. The third-order valence-corrected chi connectivity index (χ3v) is 7.68. The lowest BCUT2D eigenvalue weighted by molar-refractivity contribution is 0.313. The molecule has 154 valence electrons. The van der Waals surface area contributed by atoms with Gasteiger partial charge in [-0.3, -0.25) is 0 Å². The molecule has 0 bridgehead atoms. The van der Waals surface area contributed by atoms with Crippen LogP contribution < -0.4 is 5.69 Å². The molecule has 0 unspecified atom stereocenters. The molecule has 3 heterocycles. The van der Waals surface area contributed by atoms with E-state index in [0.717, 1.165) is 10.6 Å². The van der Waals surface area contributed by atoms with Gasteiger partial charge in [-0.25, -0.2) is 26.8 Å². The Kier molecular flexibility index (Phi) is 5.65. The second kappa shape index (κ2) is 8.06. The lowest BCUT2D eigenvalue weighted by atomic mass is 9.97. The standard InChI is InChI=1S/C19H21ClN4O3S2/c1-29(26,27)22-10-8-14(9-11-22)18-21-23(13-15-5-2-3-6-16(15)20)19(25)24(18)17-7-4-12-28-17/h2-7,12,14H,8-11,13H2,1H3. The maximum Gasteiger partial charge on any atom is 0.351 e. The highest BCUT2D eigenvalue weighted by atomic mass is 35.5. The summed E-state index contributed by atoms with van der Waals surface area (Å²) in [4.78, 5) is 13.2. The number of piperidine rings is 1. The molecule has 0 atom stereocenters. The Morgan fingerprint density at radius 2 is 1.90 bits per heavy atom. The summed E-state index contributed by atoms with van der Waals surface area (Å²) in [5.74, 6) is 0.688. The van der Waals surface area contributed by atoms with E-state index in [9.17, 15) is 13.2 Å². The van der Waals surface area contributed by atoms with Crippen molar-refractivity contribution >= 4 is 33.0 Å². The van der Waals surface area contributed by atoms with Gasteiger partial charge in [-0.05, 0) is 42.0 Å². The van der Waals surface area contributed by atoms with Gasteiger partial charge in [0.05, 0.1) is 12.8 Å². The molecule has 1 fully saturated rings. The minimum absolute atomic E-state index is 0.00953. The molecule has 4 rings (SSSR count). The van der Waals surface area contributed by atoms with Crippen molar-refractivity contribution in [2.24, 2.45) is 0 Å². The maximum absolute atomic E-state index is 13.2. The number of benzene rings is 1. The first-order chi connectivity index (χ1) is 13.8. The molecule has 1 aliphatic rings. The first kappa shape index (κ1) is 20.3. The Labute approximate surface area is 178 Å². The first-order valence-electron chi connectivity index (χ1n) is 9.27. The van der Waals surface area contributed by atoms with E-state index in [1.807, 2.05) is 35.7 Å². The summed E-state index contributed by atoms with van der Waals surface area (Å²) in [6, 6.07) is 11.2. The van der Waals surface area contributed by atoms with Crippen LogP contribution in [0.3, 0.4) is 0 Å². The third-order valence-electron chi connectivity index (χ3n) is 5.16. The van der Waals surface area contributed by atoms with Gasteiger partial charge in [0.15, 0.2) is 0 Å². The molecule has 29 heavy (non-hydrogen) atoms. The second-order valence-corrected chi connectivity index (χ2v) is 10.4. The molecule has 0 saturated carbocycles. The second-order valence-electron chi connectivity index (χ2n) is 7.11. The van der Waals surface area contributed by atoms with Crippen LogP contribution in [-0.2, 0) is 16.6 Å². The molecule has 1 aliphatic heterocycles. The molecule has 0 spiro atoms. The van der Waals surface area contributed by atoms with Gasteiger partial charge in [-0.15, -0.1) is 11.3 Å². The fraction of sp³-hybridized carbons (Fsp3) is 0.368. The van der Waals surface area contributed by atoms with E-state index in [0.29, 0.717) is 36.8 Å². The average Bonchev–Trinajstić information content (AvgIpc) is 3.31. The van der Waals surface area contributed by atoms with E-state index in [4.69, 9.17) is 11.6 Å². The summed E-state index contributed by atoms with van der Waals surface area (Å²) in [6.45, 7) is 1.14. The van der Waals surface area contributed by atoms with Gasteiger partial charge in [0.2, 0.25) is 10.0 Å². The highest BCUT2D eigenvalue weighted by Gasteiger charge is 2.30. The topological polar surface area (TPSA) is 77.2 Å². The van der Waals surface area contributed by atoms with Gasteiger partial charge in [-0.2, -0.15) is 5.10 Å². The summed E-state index contributed by atoms with van der Waals surface area (Å²) in [6.07, 6.45) is 2.48. The van der Waals surface area contributed by atoms with Gasteiger partial charge in [-0.1, -0.05) is 29.8 Å². The zero-order chi connectivity index (χ0) is 20.6. The maximum atomic E-state index is 13.2. The van der Waals surface area contributed by atoms with Gasteiger partial charge in [0.1, 0.15) is 10.8 Å². The Morgan fingerprint density at radius 1 is 1.17 bits per heavy atom. The van der Waals surface area contributed by atoms with Gasteiger partial charge in [0, 0.05) is 24.0 Å². The Hall–Kier alpha value is -1.94. The zero-order valence-corrected chi connectivity index (χ0v) is 18.3. The molecule has 1 aromatic carbocycles. The minimum atomic E-state index is -3.21. The molecule has 1 saturated heterocycles. The van der Waals surface area contributed by atoms with E-state index in [1.54, 1.807) is 10.6 Å². The Morgan fingerprint density at radius 3 is 2.52 bits per heavy atom. The summed E-state index contributed by atoms with van der Waals surface area (Å²) < 4.78 is 28.2. The van der Waals surface area contributed by atoms with Crippen LogP contribution in [0.25, 0.3) is 5.00 Å². The number of sulfonamides is 1. The van der Waals surface area contributed by atoms with E-state index in [2.05, 4.69) is 5.10 Å². The number of hydrogen-bond acceptors (Lipinski definition) is 5. The molecule has 3 aromatic rings. The molecule has 0 radical (unpaired) electrons. The highest BCUT2D eigenvalue weighted by molar-refractivity contribution is 7.88. The summed E-state index contributed by atoms with van der Waals surface area (Å²) >= 11 is 7.74. The Balaban J connectivity index is 1.70. The first-order valence-corrected chi connectivity index (χ1v) is 12.4. The van der Waals surface area contributed by atoms with Crippen molar-refractivity contribution in [3.8, 4) is 5.00 Å². The van der Waals surface area contributed by atoms with Crippen LogP contribution in [-0.4, -0.2) is 46.4 Å². The predicted molar refractivity (Wildman–Crippen MR) is 115 cm³/mol. The van der Waals surface area contributed by atoms with E-state index in [-0.39, 0.29) is 18.2 Å². The summed E-state index contributed by atoms with van der Waals surface area (Å²) in [7, 11) is -3.21. The normalized spacial score (nSPS) is 16.3. The largest absolute Gasteiger partial charge is 0.351 e. The highest BCUT2D eigenvalue weighted by Crippen LogP contribution is 2.29. The van der Waals surface area contributed by atoms with Crippen molar-refractivity contribution in [1.29, 1.82) is 0 Å². The van der Waals surface area contributed by atoms with Crippen LogP contribution in [0.5, 0.6) is 0 Å². The van der Waals surface area contributed by atoms with Crippen molar-refractivity contribution in [1.82, 2.24) is 18.7 Å². The van der Waals surface area contributed by atoms with Crippen LogP contribution in [0, 0.1) is 0 Å². The van der Waals surface area contributed by atoms with E-state index < -0.39 is 10.0 Å². The van der Waals surface area contributed by atoms with Crippen LogP contribution in [0.4, 0.5) is 0 Å². The van der Waals surface area contributed by atoms with Crippen molar-refractivity contribution in [2.75, 3.05) is 19.3 Å². The molecule has 0 amide bonds. The summed E-state index contributed by atoms with van der Waals surface area (Å²) in [5.41, 5.74) is 0.610. The fourth-order valence-corrected chi connectivity index (χ4v) is 5.43. The number of hydrogen-bond donors (Lipinski definition) is 0. The third kappa shape index (κ3) is 4.18. The fourth-order valence-electron chi connectivity index (χ4n) is 3.63. The zero-order valence-electron chi connectivity index (χ0n) is 15.9. The van der Waals surface area contributed by atoms with Crippen molar-refractivity contribution in [3.63, 3.8) is 0 Å². The smallest absolute Gasteiger partial charge is 0.246 e. The quantitative estimate of drug-likeness (QED) is 0.596.